The van der Waals surface area contributed by atoms with E-state index in [9.17, 15) is 13.2 Å². The number of aryl methyl sites for hydroxylation is 1. The van der Waals surface area contributed by atoms with Crippen molar-refractivity contribution in [2.45, 2.75) is 44.9 Å². The maximum atomic E-state index is 12.9. The molecule has 0 amide bonds. The van der Waals surface area contributed by atoms with Crippen molar-refractivity contribution in [2.75, 3.05) is 0 Å². The van der Waals surface area contributed by atoms with Crippen LogP contribution >= 0.6 is 11.6 Å². The Kier molecular flexibility index (Phi) is 5.95. The van der Waals surface area contributed by atoms with E-state index in [0.717, 1.165) is 52.6 Å². The molecule has 0 saturated heterocycles. The molecule has 1 aliphatic carbocycles. The SMILES string of the molecule is Cc1nn(-c2ccc(C(F)(F)F)cc2)c(C)c1C1C=CC(NCc2cccc(Cl)c2)C1. The van der Waals surface area contributed by atoms with Gasteiger partial charge in [-0.2, -0.15) is 18.3 Å². The van der Waals surface area contributed by atoms with Crippen molar-refractivity contribution in [1.82, 2.24) is 15.1 Å². The molecule has 0 saturated carbocycles. The highest BCUT2D eigenvalue weighted by molar-refractivity contribution is 6.30. The maximum absolute atomic E-state index is 12.9. The van der Waals surface area contributed by atoms with E-state index in [1.807, 2.05) is 38.1 Å². The molecule has 0 spiro atoms. The Morgan fingerprint density at radius 3 is 2.52 bits per heavy atom. The van der Waals surface area contributed by atoms with Gasteiger partial charge in [-0.15, -0.1) is 0 Å². The molecular formula is C24H23ClF3N3. The van der Waals surface area contributed by atoms with Crippen LogP contribution in [0.1, 0.15) is 40.4 Å². The predicted octanol–water partition coefficient (Wildman–Crippen LogP) is 6.36. The summed E-state index contributed by atoms with van der Waals surface area (Å²) in [4.78, 5) is 0. The van der Waals surface area contributed by atoms with E-state index in [1.165, 1.54) is 12.1 Å². The summed E-state index contributed by atoms with van der Waals surface area (Å²) in [7, 11) is 0. The first kappa shape index (κ1) is 21.7. The zero-order valence-corrected chi connectivity index (χ0v) is 18.0. The van der Waals surface area contributed by atoms with E-state index in [2.05, 4.69) is 22.6 Å². The zero-order chi connectivity index (χ0) is 22.2. The summed E-state index contributed by atoms with van der Waals surface area (Å²) in [6, 6.07) is 13.1. The lowest BCUT2D eigenvalue weighted by molar-refractivity contribution is -0.137. The van der Waals surface area contributed by atoms with Gasteiger partial charge in [-0.3, -0.25) is 0 Å². The lowest BCUT2D eigenvalue weighted by atomic mass is 9.96. The van der Waals surface area contributed by atoms with Crippen molar-refractivity contribution >= 4 is 11.6 Å². The van der Waals surface area contributed by atoms with Crippen LogP contribution in [-0.2, 0) is 12.7 Å². The molecule has 1 aliphatic rings. The van der Waals surface area contributed by atoms with Crippen molar-refractivity contribution in [1.29, 1.82) is 0 Å². The van der Waals surface area contributed by atoms with Gasteiger partial charge in [0.15, 0.2) is 0 Å². The zero-order valence-electron chi connectivity index (χ0n) is 17.2. The number of hydrogen-bond acceptors (Lipinski definition) is 2. The average molecular weight is 446 g/mol. The minimum atomic E-state index is -4.35. The minimum Gasteiger partial charge on any atom is -0.306 e. The second kappa shape index (κ2) is 8.52. The molecule has 3 aromatic rings. The van der Waals surface area contributed by atoms with E-state index >= 15 is 0 Å². The highest BCUT2D eigenvalue weighted by atomic mass is 35.5. The van der Waals surface area contributed by atoms with Gasteiger partial charge in [0.1, 0.15) is 0 Å². The number of nitrogens with one attached hydrogen (secondary N) is 1. The summed E-state index contributed by atoms with van der Waals surface area (Å²) in [5, 5.41) is 8.88. The monoisotopic (exact) mass is 445 g/mol. The Labute approximate surface area is 184 Å². The summed E-state index contributed by atoms with van der Waals surface area (Å²) >= 11 is 6.06. The third-order valence-electron chi connectivity index (χ3n) is 5.70. The summed E-state index contributed by atoms with van der Waals surface area (Å²) in [5.74, 6) is 0.208. The van der Waals surface area contributed by atoms with Crippen LogP contribution in [0.5, 0.6) is 0 Å². The Balaban J connectivity index is 1.47. The second-order valence-electron chi connectivity index (χ2n) is 7.89. The van der Waals surface area contributed by atoms with E-state index in [1.54, 1.807) is 4.68 Å². The van der Waals surface area contributed by atoms with E-state index in [0.29, 0.717) is 5.69 Å². The molecule has 1 heterocycles. The molecule has 2 atom stereocenters. The van der Waals surface area contributed by atoms with Gasteiger partial charge in [-0.25, -0.2) is 4.68 Å². The molecule has 0 fully saturated rings. The van der Waals surface area contributed by atoms with Crippen LogP contribution in [0.3, 0.4) is 0 Å². The second-order valence-corrected chi connectivity index (χ2v) is 8.32. The summed E-state index contributed by atoms with van der Waals surface area (Å²) in [6.45, 7) is 4.64. The van der Waals surface area contributed by atoms with E-state index < -0.39 is 11.7 Å². The normalized spacial score (nSPS) is 18.6. The average Bonchev–Trinajstić information content (AvgIpc) is 3.29. The Morgan fingerprint density at radius 2 is 1.84 bits per heavy atom. The quantitative estimate of drug-likeness (QED) is 0.463. The highest BCUT2D eigenvalue weighted by Gasteiger charge is 2.30. The van der Waals surface area contributed by atoms with E-state index in [-0.39, 0.29) is 12.0 Å². The molecule has 7 heteroatoms. The first-order valence-electron chi connectivity index (χ1n) is 10.1. The summed E-state index contributed by atoms with van der Waals surface area (Å²) in [6.07, 6.45) is 0.911. The topological polar surface area (TPSA) is 29.9 Å². The van der Waals surface area contributed by atoms with Crippen molar-refractivity contribution in [3.05, 3.63) is 93.8 Å². The molecule has 162 valence electrons. The van der Waals surface area contributed by atoms with Crippen LogP contribution < -0.4 is 5.32 Å². The van der Waals surface area contributed by atoms with Crippen molar-refractivity contribution in [2.24, 2.45) is 0 Å². The van der Waals surface area contributed by atoms with Crippen LogP contribution in [0, 0.1) is 13.8 Å². The van der Waals surface area contributed by atoms with Crippen molar-refractivity contribution in [3.63, 3.8) is 0 Å². The van der Waals surface area contributed by atoms with Gasteiger partial charge in [0.2, 0.25) is 0 Å². The van der Waals surface area contributed by atoms with Crippen LogP contribution in [0.2, 0.25) is 5.02 Å². The number of benzene rings is 2. The smallest absolute Gasteiger partial charge is 0.306 e. The summed E-state index contributed by atoms with van der Waals surface area (Å²) in [5.41, 5.74) is 4.06. The number of nitrogens with zero attached hydrogens (tertiary/aromatic N) is 2. The highest BCUT2D eigenvalue weighted by Crippen LogP contribution is 2.35. The van der Waals surface area contributed by atoms with E-state index in [4.69, 9.17) is 11.6 Å². The lowest BCUT2D eigenvalue weighted by Gasteiger charge is -2.15. The molecule has 2 unspecified atom stereocenters. The molecule has 0 bridgehead atoms. The Bertz CT molecular complexity index is 1100. The van der Waals surface area contributed by atoms with Gasteiger partial charge in [0, 0.05) is 34.8 Å². The molecule has 1 N–H and O–H groups in total. The van der Waals surface area contributed by atoms with Crippen LogP contribution in [-0.4, -0.2) is 15.8 Å². The first-order valence-corrected chi connectivity index (χ1v) is 10.5. The van der Waals surface area contributed by atoms with Crippen molar-refractivity contribution in [3.8, 4) is 5.69 Å². The number of hydrogen-bond donors (Lipinski definition) is 1. The number of halogens is 4. The predicted molar refractivity (Wildman–Crippen MR) is 117 cm³/mol. The molecular weight excluding hydrogens is 423 g/mol. The van der Waals surface area contributed by atoms with Gasteiger partial charge >= 0.3 is 6.18 Å². The fraction of sp³-hybridized carbons (Fsp3) is 0.292. The van der Waals surface area contributed by atoms with Gasteiger partial charge in [0.05, 0.1) is 16.9 Å². The number of rotatable bonds is 5. The molecule has 31 heavy (non-hydrogen) atoms. The van der Waals surface area contributed by atoms with Gasteiger partial charge in [-0.05, 0) is 62.2 Å². The van der Waals surface area contributed by atoms with Crippen LogP contribution in [0.15, 0.2) is 60.7 Å². The fourth-order valence-electron chi connectivity index (χ4n) is 4.19. The van der Waals surface area contributed by atoms with Crippen molar-refractivity contribution < 1.29 is 13.2 Å². The molecule has 2 aromatic carbocycles. The number of alkyl halides is 3. The van der Waals surface area contributed by atoms with Gasteiger partial charge in [-0.1, -0.05) is 35.9 Å². The van der Waals surface area contributed by atoms with Gasteiger partial charge in [0.25, 0.3) is 0 Å². The molecule has 0 radical (unpaired) electrons. The number of allylic oxidation sites excluding steroid dienone is 1. The maximum Gasteiger partial charge on any atom is 0.416 e. The fourth-order valence-corrected chi connectivity index (χ4v) is 4.41. The number of aromatic nitrogens is 2. The van der Waals surface area contributed by atoms with Crippen LogP contribution in [0.4, 0.5) is 13.2 Å². The molecule has 3 nitrogen and oxygen atoms in total. The molecule has 4 rings (SSSR count). The standard InChI is InChI=1S/C24H23ClF3N3/c1-15-23(16(2)31(30-15)22-10-7-19(8-11-22)24(26,27)28)18-6-9-21(13-18)29-14-17-4-3-5-20(25)12-17/h3-12,18,21,29H,13-14H2,1-2H3. The molecule has 1 aromatic heterocycles. The molecule has 0 aliphatic heterocycles. The Morgan fingerprint density at radius 1 is 1.10 bits per heavy atom. The largest absolute Gasteiger partial charge is 0.416 e. The van der Waals surface area contributed by atoms with Crippen LogP contribution in [0.25, 0.3) is 5.69 Å². The van der Waals surface area contributed by atoms with Gasteiger partial charge < -0.3 is 5.32 Å². The Hall–Kier alpha value is -2.57. The third-order valence-corrected chi connectivity index (χ3v) is 5.93. The lowest BCUT2D eigenvalue weighted by Crippen LogP contribution is -2.25. The third kappa shape index (κ3) is 4.70. The first-order chi connectivity index (χ1) is 14.7. The summed E-state index contributed by atoms with van der Waals surface area (Å²) < 4.78 is 40.3. The minimum absolute atomic E-state index is 0.208.